The molecule has 0 spiro atoms. The highest BCUT2D eigenvalue weighted by Gasteiger charge is 2.25. The summed E-state index contributed by atoms with van der Waals surface area (Å²) in [6.07, 6.45) is 4.51. The number of benzene rings is 3. The average Bonchev–Trinajstić information content (AvgIpc) is 3.15. The van der Waals surface area contributed by atoms with E-state index < -0.39 is 17.3 Å². The molecule has 3 aromatic carbocycles. The molecular weight excluding hydrogens is 610 g/mol. The highest BCUT2D eigenvalue weighted by molar-refractivity contribution is 6.20. The Balaban J connectivity index is 1.43. The van der Waals surface area contributed by atoms with Crippen LogP contribution in [0, 0.1) is 0 Å². The molecule has 11 nitrogen and oxygen atoms in total. The van der Waals surface area contributed by atoms with Crippen LogP contribution in [0.1, 0.15) is 48.3 Å². The van der Waals surface area contributed by atoms with E-state index in [4.69, 9.17) is 14.2 Å². The molecule has 48 heavy (non-hydrogen) atoms. The molecule has 0 unspecified atom stereocenters. The van der Waals surface area contributed by atoms with E-state index in [9.17, 15) is 14.4 Å². The molecule has 0 radical (unpaired) electrons. The maximum Gasteiger partial charge on any atom is 0.231 e. The number of hydrogen-bond acceptors (Lipinski definition) is 11. The van der Waals surface area contributed by atoms with Crippen LogP contribution in [0.4, 0.5) is 0 Å². The maximum absolute atomic E-state index is 14.2. The van der Waals surface area contributed by atoms with Crippen molar-refractivity contribution >= 4 is 50.1 Å². The summed E-state index contributed by atoms with van der Waals surface area (Å²) >= 11 is 0. The van der Waals surface area contributed by atoms with E-state index in [1.54, 1.807) is 66.7 Å². The summed E-state index contributed by atoms with van der Waals surface area (Å²) < 4.78 is 16.1. The first-order valence-electron chi connectivity index (χ1n) is 14.7. The van der Waals surface area contributed by atoms with Crippen LogP contribution in [0.5, 0.6) is 17.2 Å². The summed E-state index contributed by atoms with van der Waals surface area (Å²) in [5.41, 5.74) is 2.08. The molecule has 4 heterocycles. The summed E-state index contributed by atoms with van der Waals surface area (Å²) in [4.78, 5) is 64.7. The van der Waals surface area contributed by atoms with Crippen LogP contribution in [0.15, 0.2) is 97.5 Å². The number of carbonyl (C=O) groups excluding carboxylic acids is 3. The average molecular weight is 636 g/mol. The lowest BCUT2D eigenvalue weighted by molar-refractivity contribution is 0.102. The summed E-state index contributed by atoms with van der Waals surface area (Å²) in [6, 6.07) is 21.4. The first-order valence-corrected chi connectivity index (χ1v) is 14.7. The van der Waals surface area contributed by atoms with Crippen molar-refractivity contribution in [2.45, 2.75) is 0 Å². The minimum atomic E-state index is -0.609. The number of nitrogens with zero attached hydrogens (tertiary/aromatic N) is 5. The Morgan fingerprint density at radius 2 is 0.812 bits per heavy atom. The molecule has 0 aliphatic heterocycles. The second-order valence-corrected chi connectivity index (χ2v) is 10.7. The lowest BCUT2D eigenvalue weighted by Crippen LogP contribution is -2.17. The molecular formula is C37H25N5O6. The fourth-order valence-corrected chi connectivity index (χ4v) is 5.53. The molecule has 7 aromatic rings. The maximum atomic E-state index is 14.2. The third-order valence-electron chi connectivity index (χ3n) is 7.97. The van der Waals surface area contributed by atoms with E-state index >= 15 is 0 Å². The third kappa shape index (κ3) is 5.32. The van der Waals surface area contributed by atoms with Crippen molar-refractivity contribution in [1.29, 1.82) is 0 Å². The van der Waals surface area contributed by atoms with Crippen LogP contribution >= 0.6 is 0 Å². The van der Waals surface area contributed by atoms with Gasteiger partial charge in [-0.15, -0.1) is 0 Å². The van der Waals surface area contributed by atoms with Crippen LogP contribution in [0.2, 0.25) is 0 Å². The summed E-state index contributed by atoms with van der Waals surface area (Å²) in [5.74, 6) is -0.455. The summed E-state index contributed by atoms with van der Waals surface area (Å²) in [7, 11) is 4.57. The molecule has 234 valence electrons. The fourth-order valence-electron chi connectivity index (χ4n) is 5.53. The molecule has 0 aliphatic rings. The molecule has 7 rings (SSSR count). The molecule has 0 bridgehead atoms. The van der Waals surface area contributed by atoms with E-state index in [2.05, 4.69) is 24.9 Å². The summed E-state index contributed by atoms with van der Waals surface area (Å²) in [6.45, 7) is 0. The third-order valence-corrected chi connectivity index (χ3v) is 7.97. The van der Waals surface area contributed by atoms with Gasteiger partial charge in [0.15, 0.2) is 0 Å². The first kappa shape index (κ1) is 30.1. The van der Waals surface area contributed by atoms with E-state index in [1.807, 2.05) is 0 Å². The van der Waals surface area contributed by atoms with Crippen molar-refractivity contribution in [3.8, 4) is 17.2 Å². The largest absolute Gasteiger partial charge is 0.497 e. The minimum Gasteiger partial charge on any atom is -0.497 e. The van der Waals surface area contributed by atoms with E-state index in [0.29, 0.717) is 50.0 Å². The molecule has 4 aromatic heterocycles. The predicted octanol–water partition coefficient (Wildman–Crippen LogP) is 5.84. The number of carbonyl (C=O) groups is 3. The van der Waals surface area contributed by atoms with Crippen LogP contribution < -0.4 is 14.2 Å². The Bertz CT molecular complexity index is 2160. The lowest BCUT2D eigenvalue weighted by atomic mass is 9.99. The Labute approximate surface area is 273 Å². The van der Waals surface area contributed by atoms with Gasteiger partial charge in [0.05, 0.1) is 37.9 Å². The zero-order chi connectivity index (χ0) is 33.4. The Morgan fingerprint density at radius 1 is 0.458 bits per heavy atom. The van der Waals surface area contributed by atoms with Crippen LogP contribution in [0.25, 0.3) is 32.7 Å². The molecule has 0 atom stereocenters. The Kier molecular flexibility index (Phi) is 7.70. The number of hydrogen-bond donors (Lipinski definition) is 0. The van der Waals surface area contributed by atoms with E-state index in [1.165, 1.54) is 52.1 Å². The van der Waals surface area contributed by atoms with Gasteiger partial charge in [-0.3, -0.25) is 29.3 Å². The zero-order valence-electron chi connectivity index (χ0n) is 25.9. The minimum absolute atomic E-state index is 0.154. The van der Waals surface area contributed by atoms with Crippen molar-refractivity contribution < 1.29 is 28.6 Å². The van der Waals surface area contributed by atoms with E-state index in [0.717, 1.165) is 0 Å². The quantitative estimate of drug-likeness (QED) is 0.177. The predicted molar refractivity (Wildman–Crippen MR) is 177 cm³/mol. The topological polar surface area (TPSA) is 143 Å². The molecule has 11 heteroatoms. The van der Waals surface area contributed by atoms with Gasteiger partial charge in [0.25, 0.3) is 0 Å². The normalized spacial score (nSPS) is 11.1. The van der Waals surface area contributed by atoms with Crippen molar-refractivity contribution in [2.75, 3.05) is 21.3 Å². The van der Waals surface area contributed by atoms with Gasteiger partial charge in [0.1, 0.15) is 28.6 Å². The van der Waals surface area contributed by atoms with Crippen molar-refractivity contribution in [1.82, 2.24) is 24.9 Å². The van der Waals surface area contributed by atoms with Gasteiger partial charge in [-0.05, 0) is 78.9 Å². The molecule has 0 aliphatic carbocycles. The second kappa shape index (κ2) is 12.3. The monoisotopic (exact) mass is 635 g/mol. The molecule has 0 saturated heterocycles. The van der Waals surface area contributed by atoms with Gasteiger partial charge in [0.2, 0.25) is 23.2 Å². The highest BCUT2D eigenvalue weighted by atomic mass is 16.5. The zero-order valence-corrected chi connectivity index (χ0v) is 25.9. The van der Waals surface area contributed by atoms with Gasteiger partial charge < -0.3 is 14.2 Å². The molecule has 0 saturated carbocycles. The van der Waals surface area contributed by atoms with Gasteiger partial charge in [-0.1, -0.05) is 0 Å². The number of aromatic nitrogens is 5. The first-order chi connectivity index (χ1) is 23.4. The summed E-state index contributed by atoms with van der Waals surface area (Å²) in [5, 5.41) is 1.52. The standard InChI is InChI=1S/C37H25N5O6/c1-46-20-4-7-29-26(16-20)23(10-13-38-29)34(43)32-19-33(35(44)24-11-14-39-30-8-5-21(47-2)17-27(24)30)42-37(41-32)36(45)25-12-15-40-31-9-6-22(48-3)18-28(25)31/h4-19H,1-3H3. The highest BCUT2D eigenvalue weighted by Crippen LogP contribution is 2.28. The smallest absolute Gasteiger partial charge is 0.231 e. The lowest BCUT2D eigenvalue weighted by Gasteiger charge is -2.11. The van der Waals surface area contributed by atoms with Gasteiger partial charge in [-0.25, -0.2) is 9.97 Å². The second-order valence-electron chi connectivity index (χ2n) is 10.7. The van der Waals surface area contributed by atoms with Crippen molar-refractivity contribution in [3.63, 3.8) is 0 Å². The van der Waals surface area contributed by atoms with Gasteiger partial charge in [0, 0.05) is 51.4 Å². The fraction of sp³-hybridized carbons (Fsp3) is 0.0811. The molecule has 0 amide bonds. The molecule has 0 fully saturated rings. The van der Waals surface area contributed by atoms with Gasteiger partial charge >= 0.3 is 0 Å². The SMILES string of the molecule is COc1ccc2nccc(C(=O)c3cc(C(=O)c4ccnc5ccc(OC)cc45)nc(C(=O)c4ccnc5ccc(OC)cc45)n3)c2c1. The Hall–Kier alpha value is -6.62. The number of ketones is 3. The van der Waals surface area contributed by atoms with Crippen LogP contribution in [0.3, 0.4) is 0 Å². The number of rotatable bonds is 9. The van der Waals surface area contributed by atoms with E-state index in [-0.39, 0.29) is 33.9 Å². The van der Waals surface area contributed by atoms with Crippen LogP contribution in [-0.2, 0) is 0 Å². The number of ether oxygens (including phenoxy) is 3. The van der Waals surface area contributed by atoms with Gasteiger partial charge in [-0.2, -0.15) is 0 Å². The number of fused-ring (bicyclic) bond motifs is 3. The van der Waals surface area contributed by atoms with Crippen LogP contribution in [-0.4, -0.2) is 63.6 Å². The number of methoxy groups -OCH3 is 3. The molecule has 0 N–H and O–H groups in total. The van der Waals surface area contributed by atoms with Crippen molar-refractivity contribution in [2.24, 2.45) is 0 Å². The van der Waals surface area contributed by atoms with Crippen molar-refractivity contribution in [3.05, 3.63) is 131 Å². The Morgan fingerprint density at radius 3 is 1.17 bits per heavy atom. The number of pyridine rings is 3.